The quantitative estimate of drug-likeness (QED) is 0.133. The zero-order valence-corrected chi connectivity index (χ0v) is 30.6. The number of nitrogens with zero attached hydrogens (tertiary/aromatic N) is 3. The summed E-state index contributed by atoms with van der Waals surface area (Å²) >= 11 is 0. The Labute approximate surface area is 310 Å². The van der Waals surface area contributed by atoms with Gasteiger partial charge in [0.05, 0.1) is 0 Å². The molecule has 10 rings (SSSR count). The number of fused-ring (bicyclic) bond motifs is 8. The van der Waals surface area contributed by atoms with Gasteiger partial charge in [-0.05, 0) is 77.4 Å². The molecule has 1 aliphatic rings. The third kappa shape index (κ3) is 5.14. The van der Waals surface area contributed by atoms with E-state index < -0.39 is 8.07 Å². The molecule has 0 aliphatic carbocycles. The zero-order valence-electron chi connectivity index (χ0n) is 29.6. The Kier molecular flexibility index (Phi) is 7.27. The Hall–Kier alpha value is -6.49. The third-order valence-corrected chi connectivity index (χ3v) is 14.4. The molecule has 0 atom stereocenters. The van der Waals surface area contributed by atoms with Crippen molar-refractivity contribution in [1.82, 2.24) is 15.0 Å². The van der Waals surface area contributed by atoms with E-state index in [4.69, 9.17) is 15.0 Å². The minimum absolute atomic E-state index is 0.657. The molecule has 0 amide bonds. The second kappa shape index (κ2) is 12.3. The van der Waals surface area contributed by atoms with Crippen LogP contribution < -0.4 is 10.4 Å². The molecule has 4 heteroatoms. The molecule has 53 heavy (non-hydrogen) atoms. The predicted octanol–water partition coefficient (Wildman–Crippen LogP) is 11.3. The average Bonchev–Trinajstić information content (AvgIpc) is 3.47. The first-order valence-corrected chi connectivity index (χ1v) is 21.2. The van der Waals surface area contributed by atoms with Gasteiger partial charge in [0.1, 0.15) is 8.07 Å². The second-order valence-electron chi connectivity index (χ2n) is 14.4. The molecule has 0 bridgehead atoms. The summed E-state index contributed by atoms with van der Waals surface area (Å²) in [5.41, 5.74) is 10.2. The fourth-order valence-electron chi connectivity index (χ4n) is 8.37. The summed E-state index contributed by atoms with van der Waals surface area (Å²) in [5.74, 6) is 2.00. The molecular formula is C49H35N3Si. The highest BCUT2D eigenvalue weighted by Gasteiger charge is 2.40. The minimum atomic E-state index is -2.15. The Bertz CT molecular complexity index is 2850. The number of hydrogen-bond donors (Lipinski definition) is 0. The van der Waals surface area contributed by atoms with Gasteiger partial charge >= 0.3 is 0 Å². The molecule has 0 N–H and O–H groups in total. The molecule has 0 radical (unpaired) electrons. The van der Waals surface area contributed by atoms with E-state index in [-0.39, 0.29) is 0 Å². The predicted molar refractivity (Wildman–Crippen MR) is 224 cm³/mol. The summed E-state index contributed by atoms with van der Waals surface area (Å²) in [4.78, 5) is 15.7. The summed E-state index contributed by atoms with van der Waals surface area (Å²) in [5, 5.41) is 8.28. The Morgan fingerprint density at radius 3 is 1.51 bits per heavy atom. The lowest BCUT2D eigenvalue weighted by Crippen LogP contribution is -2.49. The van der Waals surface area contributed by atoms with E-state index in [9.17, 15) is 0 Å². The molecule has 9 aromatic rings. The van der Waals surface area contributed by atoms with Gasteiger partial charge in [0.25, 0.3) is 0 Å². The van der Waals surface area contributed by atoms with Crippen LogP contribution in [0.15, 0.2) is 176 Å². The first-order valence-electron chi connectivity index (χ1n) is 18.2. The normalized spacial score (nSPS) is 12.9. The van der Waals surface area contributed by atoms with Gasteiger partial charge in [0.15, 0.2) is 17.5 Å². The van der Waals surface area contributed by atoms with Crippen LogP contribution >= 0.6 is 0 Å². The van der Waals surface area contributed by atoms with Crippen molar-refractivity contribution >= 4 is 40.0 Å². The molecule has 2 heterocycles. The van der Waals surface area contributed by atoms with Crippen LogP contribution in [0, 0.1) is 0 Å². The second-order valence-corrected chi connectivity index (χ2v) is 18.7. The number of aromatic nitrogens is 3. The van der Waals surface area contributed by atoms with Gasteiger partial charge in [0, 0.05) is 16.7 Å². The van der Waals surface area contributed by atoms with Crippen LogP contribution in [0.1, 0.15) is 0 Å². The zero-order chi connectivity index (χ0) is 35.5. The molecular weight excluding hydrogens is 659 g/mol. The van der Waals surface area contributed by atoms with Gasteiger partial charge < -0.3 is 0 Å². The maximum Gasteiger partial charge on any atom is 0.164 e. The van der Waals surface area contributed by atoms with Crippen LogP contribution in [0.3, 0.4) is 0 Å². The van der Waals surface area contributed by atoms with Crippen LogP contribution in [-0.4, -0.2) is 23.0 Å². The van der Waals surface area contributed by atoms with Crippen molar-refractivity contribution in [3.8, 4) is 67.5 Å². The number of rotatable bonds is 5. The standard InChI is InChI=1S/C49H35N3Si/c1-53(2)44-31-36(27-29-42(44)45-39-24-14-12-22-37(39)38-23-13-15-25-40(38)46(45)53)48-50-47(34-20-10-5-11-21-34)51-49(52-48)41-28-26-35(32-16-6-3-7-17-32)30-43(41)33-18-8-4-9-19-33/h3-31H,1-2H3. The first kappa shape index (κ1) is 31.3. The Morgan fingerprint density at radius 1 is 0.340 bits per heavy atom. The SMILES string of the molecule is C[Si]1(C)c2cc(-c3nc(-c4ccccc4)nc(-c4ccc(-c5ccccc5)cc4-c4ccccc4)n3)ccc2-c2c1c1ccccc1c1ccccc21. The van der Waals surface area contributed by atoms with E-state index in [2.05, 4.69) is 171 Å². The van der Waals surface area contributed by atoms with Crippen LogP contribution in [0.25, 0.3) is 89.1 Å². The third-order valence-electron chi connectivity index (χ3n) is 10.9. The lowest BCUT2D eigenvalue weighted by molar-refractivity contribution is 1.07. The van der Waals surface area contributed by atoms with E-state index in [1.165, 1.54) is 48.6 Å². The molecule has 0 fully saturated rings. The fraction of sp³-hybridized carbons (Fsp3) is 0.0408. The van der Waals surface area contributed by atoms with Crippen LogP contribution in [0.5, 0.6) is 0 Å². The molecule has 3 nitrogen and oxygen atoms in total. The van der Waals surface area contributed by atoms with Crippen molar-refractivity contribution in [3.05, 3.63) is 176 Å². The number of benzene rings is 8. The molecule has 0 unspecified atom stereocenters. The lowest BCUT2D eigenvalue weighted by atomic mass is 9.93. The van der Waals surface area contributed by atoms with Gasteiger partial charge in [-0.25, -0.2) is 15.0 Å². The topological polar surface area (TPSA) is 38.7 Å². The Morgan fingerprint density at radius 2 is 0.830 bits per heavy atom. The fourth-order valence-corrected chi connectivity index (χ4v) is 11.8. The molecule has 1 aliphatic heterocycles. The Balaban J connectivity index is 1.19. The van der Waals surface area contributed by atoms with E-state index in [0.29, 0.717) is 17.5 Å². The van der Waals surface area contributed by atoms with Crippen LogP contribution in [-0.2, 0) is 0 Å². The summed E-state index contributed by atoms with van der Waals surface area (Å²) in [6, 6.07) is 62.7. The molecule has 1 aromatic heterocycles. The number of hydrogen-bond acceptors (Lipinski definition) is 3. The van der Waals surface area contributed by atoms with Crippen LogP contribution in [0.2, 0.25) is 13.1 Å². The lowest BCUT2D eigenvalue weighted by Gasteiger charge is -2.22. The summed E-state index contributed by atoms with van der Waals surface area (Å²) in [6.07, 6.45) is 0. The minimum Gasteiger partial charge on any atom is -0.208 e. The van der Waals surface area contributed by atoms with Gasteiger partial charge in [0.2, 0.25) is 0 Å². The van der Waals surface area contributed by atoms with Gasteiger partial charge in [-0.2, -0.15) is 0 Å². The molecule has 250 valence electrons. The molecule has 8 aromatic carbocycles. The van der Waals surface area contributed by atoms with Gasteiger partial charge in [-0.15, -0.1) is 0 Å². The molecule has 0 spiro atoms. The summed E-state index contributed by atoms with van der Waals surface area (Å²) in [7, 11) is -2.15. The smallest absolute Gasteiger partial charge is 0.164 e. The summed E-state index contributed by atoms with van der Waals surface area (Å²) in [6.45, 7) is 4.99. The van der Waals surface area contributed by atoms with E-state index in [1.807, 2.05) is 18.2 Å². The highest BCUT2D eigenvalue weighted by Crippen LogP contribution is 2.41. The van der Waals surface area contributed by atoms with Crippen molar-refractivity contribution in [1.29, 1.82) is 0 Å². The van der Waals surface area contributed by atoms with Crippen molar-refractivity contribution in [2.45, 2.75) is 13.1 Å². The van der Waals surface area contributed by atoms with Crippen molar-refractivity contribution in [3.63, 3.8) is 0 Å². The largest absolute Gasteiger partial charge is 0.208 e. The van der Waals surface area contributed by atoms with E-state index in [1.54, 1.807) is 0 Å². The van der Waals surface area contributed by atoms with E-state index >= 15 is 0 Å². The average molecular weight is 694 g/mol. The highest BCUT2D eigenvalue weighted by atomic mass is 28.3. The highest BCUT2D eigenvalue weighted by molar-refractivity contribution is 7.05. The molecule has 0 saturated heterocycles. The molecule has 0 saturated carbocycles. The van der Waals surface area contributed by atoms with Crippen molar-refractivity contribution in [2.75, 3.05) is 0 Å². The van der Waals surface area contributed by atoms with Crippen molar-refractivity contribution < 1.29 is 0 Å². The van der Waals surface area contributed by atoms with Gasteiger partial charge in [-0.1, -0.05) is 177 Å². The first-order chi connectivity index (χ1) is 26.0. The maximum atomic E-state index is 5.30. The summed E-state index contributed by atoms with van der Waals surface area (Å²) < 4.78 is 0. The van der Waals surface area contributed by atoms with Crippen molar-refractivity contribution in [2.24, 2.45) is 0 Å². The van der Waals surface area contributed by atoms with Crippen LogP contribution in [0.4, 0.5) is 0 Å². The monoisotopic (exact) mass is 693 g/mol. The maximum absolute atomic E-state index is 5.30. The van der Waals surface area contributed by atoms with Gasteiger partial charge in [-0.3, -0.25) is 0 Å². The van der Waals surface area contributed by atoms with E-state index in [0.717, 1.165) is 33.4 Å².